The standard InChI is InChI=1S/C20H21FN2O4/c1-13-3-9-17(14(2)11-13)22-20(26)23-18(24)12-27-19(25)10-6-15-4-7-16(21)8-5-15/h3-5,7-9,11H,6,10,12H2,1-2H3,(H2,22,23,24,26). The maximum absolute atomic E-state index is 12.8. The van der Waals surface area contributed by atoms with Gasteiger partial charge in [-0.1, -0.05) is 29.8 Å². The fourth-order valence-electron chi connectivity index (χ4n) is 2.39. The smallest absolute Gasteiger partial charge is 0.325 e. The molecule has 6 nitrogen and oxygen atoms in total. The summed E-state index contributed by atoms with van der Waals surface area (Å²) >= 11 is 0. The molecule has 3 amide bonds. The number of aryl methyl sites for hydroxylation is 3. The third kappa shape index (κ3) is 6.89. The summed E-state index contributed by atoms with van der Waals surface area (Å²) in [6, 6.07) is 10.6. The van der Waals surface area contributed by atoms with Gasteiger partial charge in [-0.3, -0.25) is 14.9 Å². The van der Waals surface area contributed by atoms with E-state index in [-0.39, 0.29) is 12.2 Å². The summed E-state index contributed by atoms with van der Waals surface area (Å²) in [5, 5.41) is 4.66. The molecule has 0 bridgehead atoms. The van der Waals surface area contributed by atoms with Crippen LogP contribution in [0.3, 0.4) is 0 Å². The molecule has 0 heterocycles. The molecule has 0 aliphatic heterocycles. The van der Waals surface area contributed by atoms with Crippen molar-refractivity contribution >= 4 is 23.6 Å². The van der Waals surface area contributed by atoms with Crippen molar-refractivity contribution in [3.8, 4) is 0 Å². The number of amides is 3. The Balaban J connectivity index is 1.70. The molecule has 0 unspecified atom stereocenters. The molecule has 0 aliphatic rings. The zero-order valence-corrected chi connectivity index (χ0v) is 15.2. The number of halogens is 1. The summed E-state index contributed by atoms with van der Waals surface area (Å²) < 4.78 is 17.6. The van der Waals surface area contributed by atoms with Crippen LogP contribution < -0.4 is 10.6 Å². The summed E-state index contributed by atoms with van der Waals surface area (Å²) in [5.41, 5.74) is 3.29. The van der Waals surface area contributed by atoms with E-state index < -0.39 is 24.5 Å². The first kappa shape index (κ1) is 20.1. The van der Waals surface area contributed by atoms with E-state index in [1.54, 1.807) is 18.2 Å². The van der Waals surface area contributed by atoms with Crippen molar-refractivity contribution in [3.63, 3.8) is 0 Å². The van der Waals surface area contributed by atoms with Crippen molar-refractivity contribution in [2.24, 2.45) is 0 Å². The van der Waals surface area contributed by atoms with Gasteiger partial charge in [-0.15, -0.1) is 0 Å². The van der Waals surface area contributed by atoms with E-state index >= 15 is 0 Å². The Morgan fingerprint density at radius 1 is 1.04 bits per heavy atom. The van der Waals surface area contributed by atoms with Crippen LogP contribution in [0.1, 0.15) is 23.1 Å². The minimum absolute atomic E-state index is 0.0493. The fourth-order valence-corrected chi connectivity index (χ4v) is 2.39. The van der Waals surface area contributed by atoms with Gasteiger partial charge in [0.05, 0.1) is 0 Å². The zero-order valence-electron chi connectivity index (χ0n) is 15.2. The van der Waals surface area contributed by atoms with Crippen LogP contribution in [0.5, 0.6) is 0 Å². The molecular formula is C20H21FN2O4. The van der Waals surface area contributed by atoms with Crippen LogP contribution >= 0.6 is 0 Å². The Hall–Kier alpha value is -3.22. The highest BCUT2D eigenvalue weighted by atomic mass is 19.1. The number of carbonyl (C=O) groups excluding carboxylic acids is 3. The molecule has 0 aliphatic carbocycles. The molecule has 0 saturated carbocycles. The number of imide groups is 1. The Bertz CT molecular complexity index is 834. The molecule has 0 radical (unpaired) electrons. The molecular weight excluding hydrogens is 351 g/mol. The second kappa shape index (κ2) is 9.47. The molecule has 2 aromatic carbocycles. The number of benzene rings is 2. The number of nitrogens with one attached hydrogen (secondary N) is 2. The van der Waals surface area contributed by atoms with E-state index in [4.69, 9.17) is 4.74 Å². The van der Waals surface area contributed by atoms with E-state index in [1.807, 2.05) is 26.0 Å². The maximum atomic E-state index is 12.8. The van der Waals surface area contributed by atoms with E-state index in [9.17, 15) is 18.8 Å². The third-order valence-electron chi connectivity index (χ3n) is 3.78. The van der Waals surface area contributed by atoms with E-state index in [1.165, 1.54) is 12.1 Å². The van der Waals surface area contributed by atoms with Gasteiger partial charge in [-0.05, 0) is 49.6 Å². The number of carbonyl (C=O) groups is 3. The molecule has 0 aromatic heterocycles. The van der Waals surface area contributed by atoms with Crippen molar-refractivity contribution in [1.29, 1.82) is 0 Å². The lowest BCUT2D eigenvalue weighted by molar-refractivity contribution is -0.148. The van der Waals surface area contributed by atoms with Crippen LogP contribution in [0.4, 0.5) is 14.9 Å². The van der Waals surface area contributed by atoms with Crippen LogP contribution in [0.2, 0.25) is 0 Å². The van der Waals surface area contributed by atoms with Gasteiger partial charge in [-0.2, -0.15) is 0 Å². The number of rotatable bonds is 6. The predicted octanol–water partition coefficient (Wildman–Crippen LogP) is 3.27. The molecule has 2 rings (SSSR count). The predicted molar refractivity (Wildman–Crippen MR) is 98.8 cm³/mol. The van der Waals surface area contributed by atoms with Gasteiger partial charge in [0.25, 0.3) is 5.91 Å². The lowest BCUT2D eigenvalue weighted by Crippen LogP contribution is -2.37. The van der Waals surface area contributed by atoms with Crippen molar-refractivity contribution in [2.45, 2.75) is 26.7 Å². The number of esters is 1. The lowest BCUT2D eigenvalue weighted by Gasteiger charge is -2.10. The summed E-state index contributed by atoms with van der Waals surface area (Å²) in [4.78, 5) is 35.2. The zero-order chi connectivity index (χ0) is 19.8. The Morgan fingerprint density at radius 3 is 2.41 bits per heavy atom. The molecule has 0 saturated heterocycles. The van der Waals surface area contributed by atoms with Gasteiger partial charge in [0.15, 0.2) is 6.61 Å². The monoisotopic (exact) mass is 372 g/mol. The quantitative estimate of drug-likeness (QED) is 0.762. The van der Waals surface area contributed by atoms with Crippen LogP contribution in [-0.2, 0) is 20.7 Å². The molecule has 0 fully saturated rings. The first-order valence-corrected chi connectivity index (χ1v) is 8.41. The molecule has 142 valence electrons. The average molecular weight is 372 g/mol. The summed E-state index contributed by atoms with van der Waals surface area (Å²) in [6.45, 7) is 3.22. The average Bonchev–Trinajstić information content (AvgIpc) is 2.62. The third-order valence-corrected chi connectivity index (χ3v) is 3.78. The Morgan fingerprint density at radius 2 is 1.74 bits per heavy atom. The summed E-state index contributed by atoms with van der Waals surface area (Å²) in [5.74, 6) is -1.66. The van der Waals surface area contributed by atoms with Gasteiger partial charge in [0, 0.05) is 12.1 Å². The topological polar surface area (TPSA) is 84.5 Å². The molecule has 0 spiro atoms. The van der Waals surface area contributed by atoms with Crippen molar-refractivity contribution < 1.29 is 23.5 Å². The lowest BCUT2D eigenvalue weighted by atomic mass is 10.1. The Labute approximate surface area is 156 Å². The molecule has 2 aromatic rings. The number of ether oxygens (including phenoxy) is 1. The van der Waals surface area contributed by atoms with Gasteiger partial charge < -0.3 is 10.1 Å². The summed E-state index contributed by atoms with van der Waals surface area (Å²) in [7, 11) is 0. The molecule has 7 heteroatoms. The van der Waals surface area contributed by atoms with E-state index in [0.29, 0.717) is 12.1 Å². The summed E-state index contributed by atoms with van der Waals surface area (Å²) in [6.07, 6.45) is 0.418. The second-order valence-electron chi connectivity index (χ2n) is 6.11. The van der Waals surface area contributed by atoms with Gasteiger partial charge in [0.1, 0.15) is 5.82 Å². The maximum Gasteiger partial charge on any atom is 0.325 e. The van der Waals surface area contributed by atoms with Crippen LogP contribution in [0.25, 0.3) is 0 Å². The molecule has 0 atom stereocenters. The van der Waals surface area contributed by atoms with Crippen molar-refractivity contribution in [1.82, 2.24) is 5.32 Å². The number of anilines is 1. The Kier molecular flexibility index (Phi) is 7.05. The largest absolute Gasteiger partial charge is 0.456 e. The molecule has 27 heavy (non-hydrogen) atoms. The van der Waals surface area contributed by atoms with Gasteiger partial charge >= 0.3 is 12.0 Å². The minimum Gasteiger partial charge on any atom is -0.456 e. The van der Waals surface area contributed by atoms with Gasteiger partial charge in [-0.25, -0.2) is 9.18 Å². The van der Waals surface area contributed by atoms with E-state index in [2.05, 4.69) is 10.6 Å². The highest BCUT2D eigenvalue weighted by molar-refractivity contribution is 6.02. The molecule has 2 N–H and O–H groups in total. The first-order valence-electron chi connectivity index (χ1n) is 8.41. The highest BCUT2D eigenvalue weighted by Crippen LogP contribution is 2.15. The minimum atomic E-state index is -0.729. The fraction of sp³-hybridized carbons (Fsp3) is 0.250. The van der Waals surface area contributed by atoms with Crippen molar-refractivity contribution in [2.75, 3.05) is 11.9 Å². The first-order chi connectivity index (χ1) is 12.8. The highest BCUT2D eigenvalue weighted by Gasteiger charge is 2.12. The number of urea groups is 1. The second-order valence-corrected chi connectivity index (χ2v) is 6.11. The SMILES string of the molecule is Cc1ccc(NC(=O)NC(=O)COC(=O)CCc2ccc(F)cc2)c(C)c1. The van der Waals surface area contributed by atoms with Crippen LogP contribution in [0.15, 0.2) is 42.5 Å². The number of hydrogen-bond donors (Lipinski definition) is 2. The van der Waals surface area contributed by atoms with Crippen LogP contribution in [0, 0.1) is 19.7 Å². The van der Waals surface area contributed by atoms with Crippen LogP contribution in [-0.4, -0.2) is 24.5 Å². The number of hydrogen-bond acceptors (Lipinski definition) is 4. The van der Waals surface area contributed by atoms with Gasteiger partial charge in [0.2, 0.25) is 0 Å². The normalized spacial score (nSPS) is 10.2. The van der Waals surface area contributed by atoms with Crippen molar-refractivity contribution in [3.05, 3.63) is 65.0 Å². The van der Waals surface area contributed by atoms with E-state index in [0.717, 1.165) is 16.7 Å².